The van der Waals surface area contributed by atoms with E-state index in [0.29, 0.717) is 12.0 Å². The lowest BCUT2D eigenvalue weighted by atomic mass is 9.95. The number of piperidine rings is 1. The van der Waals surface area contributed by atoms with Crippen LogP contribution in [0.2, 0.25) is 0 Å². The van der Waals surface area contributed by atoms with Crippen molar-refractivity contribution < 1.29 is 4.79 Å². The molecule has 2 fully saturated rings. The fraction of sp³-hybridized carbons (Fsp3) is 0.429. The van der Waals surface area contributed by atoms with Crippen LogP contribution in [0.25, 0.3) is 0 Å². The highest BCUT2D eigenvalue weighted by molar-refractivity contribution is 5.94. The van der Waals surface area contributed by atoms with E-state index in [1.54, 1.807) is 12.5 Å². The lowest BCUT2D eigenvalue weighted by Gasteiger charge is -2.31. The van der Waals surface area contributed by atoms with Crippen molar-refractivity contribution in [1.82, 2.24) is 29.2 Å². The van der Waals surface area contributed by atoms with Gasteiger partial charge in [0.05, 0.1) is 6.33 Å². The second-order valence-electron chi connectivity index (χ2n) is 7.83. The van der Waals surface area contributed by atoms with Crippen molar-refractivity contribution in [3.63, 3.8) is 0 Å². The molecule has 0 spiro atoms. The fourth-order valence-corrected chi connectivity index (χ4v) is 4.10. The predicted molar refractivity (Wildman–Crippen MR) is 104 cm³/mol. The summed E-state index contributed by atoms with van der Waals surface area (Å²) in [6.07, 6.45) is 11.7. The van der Waals surface area contributed by atoms with Crippen molar-refractivity contribution in [2.45, 2.75) is 44.2 Å². The first-order valence-electron chi connectivity index (χ1n) is 10.0. The highest BCUT2D eigenvalue weighted by Crippen LogP contribution is 2.38. The number of carbonyl (C=O) groups excluding carboxylic acids is 1. The third kappa shape index (κ3) is 3.44. The summed E-state index contributed by atoms with van der Waals surface area (Å²) < 4.78 is 4.26. The molecule has 144 valence electrons. The Morgan fingerprint density at radius 3 is 2.71 bits per heavy atom. The SMILES string of the molecule is O=C(c1cccc(Cn2ccnc2)c1)N1CCC(c2nncn2C2CC2)CC1. The van der Waals surface area contributed by atoms with Crippen molar-refractivity contribution in [2.24, 2.45) is 0 Å². The molecular formula is C21H24N6O. The van der Waals surface area contributed by atoms with Crippen LogP contribution < -0.4 is 0 Å². The second-order valence-corrected chi connectivity index (χ2v) is 7.83. The van der Waals surface area contributed by atoms with Gasteiger partial charge in [0.15, 0.2) is 0 Å². The molecule has 1 aliphatic carbocycles. The molecule has 5 rings (SSSR count). The quantitative estimate of drug-likeness (QED) is 0.687. The molecule has 1 saturated heterocycles. The minimum absolute atomic E-state index is 0.120. The molecule has 1 amide bonds. The summed E-state index contributed by atoms with van der Waals surface area (Å²) in [7, 11) is 0. The highest BCUT2D eigenvalue weighted by Gasteiger charge is 2.32. The van der Waals surface area contributed by atoms with Crippen molar-refractivity contribution >= 4 is 5.91 Å². The van der Waals surface area contributed by atoms with E-state index in [0.717, 1.165) is 49.4 Å². The lowest BCUT2D eigenvalue weighted by Crippen LogP contribution is -2.38. The summed E-state index contributed by atoms with van der Waals surface area (Å²) in [5, 5.41) is 8.50. The van der Waals surface area contributed by atoms with Crippen molar-refractivity contribution in [3.05, 3.63) is 66.3 Å². The Labute approximate surface area is 164 Å². The van der Waals surface area contributed by atoms with Crippen LogP contribution in [0.4, 0.5) is 0 Å². The van der Waals surface area contributed by atoms with Gasteiger partial charge in [-0.15, -0.1) is 10.2 Å². The molecule has 7 heteroatoms. The van der Waals surface area contributed by atoms with Gasteiger partial charge in [0.2, 0.25) is 0 Å². The Bertz CT molecular complexity index is 951. The van der Waals surface area contributed by atoms with Crippen LogP contribution in [0.1, 0.15) is 59.4 Å². The summed E-state index contributed by atoms with van der Waals surface area (Å²) in [6.45, 7) is 2.26. The number of nitrogens with zero attached hydrogens (tertiary/aromatic N) is 6. The molecule has 0 atom stereocenters. The van der Waals surface area contributed by atoms with Gasteiger partial charge in [-0.05, 0) is 43.4 Å². The first kappa shape index (κ1) is 17.2. The Balaban J connectivity index is 1.24. The van der Waals surface area contributed by atoms with Gasteiger partial charge in [0, 0.05) is 49.6 Å². The fourth-order valence-electron chi connectivity index (χ4n) is 4.10. The normalized spacial score (nSPS) is 17.8. The summed E-state index contributed by atoms with van der Waals surface area (Å²) in [5.41, 5.74) is 1.87. The van der Waals surface area contributed by atoms with Crippen LogP contribution >= 0.6 is 0 Å². The molecular weight excluding hydrogens is 352 g/mol. The van der Waals surface area contributed by atoms with E-state index in [-0.39, 0.29) is 5.91 Å². The zero-order chi connectivity index (χ0) is 18.9. The van der Waals surface area contributed by atoms with Crippen LogP contribution in [-0.4, -0.2) is 48.2 Å². The largest absolute Gasteiger partial charge is 0.339 e. The number of hydrogen-bond donors (Lipinski definition) is 0. The van der Waals surface area contributed by atoms with Crippen LogP contribution in [0.5, 0.6) is 0 Å². The standard InChI is InChI=1S/C21H24N6O/c28-21(18-3-1-2-16(12-18)13-25-11-8-22-14-25)26-9-6-17(7-10-26)20-24-23-15-27(20)19-4-5-19/h1-3,8,11-12,14-15,17,19H,4-7,9-10,13H2. The third-order valence-electron chi connectivity index (χ3n) is 5.79. The van der Waals surface area contributed by atoms with Gasteiger partial charge in [-0.25, -0.2) is 4.98 Å². The maximum Gasteiger partial charge on any atom is 0.253 e. The molecule has 28 heavy (non-hydrogen) atoms. The van der Waals surface area contributed by atoms with Crippen molar-refractivity contribution in [3.8, 4) is 0 Å². The van der Waals surface area contributed by atoms with Crippen molar-refractivity contribution in [2.75, 3.05) is 13.1 Å². The number of likely N-dealkylation sites (tertiary alicyclic amines) is 1. The number of amides is 1. The van der Waals surface area contributed by atoms with Crippen LogP contribution in [0, 0.1) is 0 Å². The summed E-state index contributed by atoms with van der Waals surface area (Å²) in [4.78, 5) is 19.1. The van der Waals surface area contributed by atoms with Crippen molar-refractivity contribution in [1.29, 1.82) is 0 Å². The molecule has 0 unspecified atom stereocenters. The van der Waals surface area contributed by atoms with E-state index >= 15 is 0 Å². The number of imidazole rings is 1. The Morgan fingerprint density at radius 2 is 1.96 bits per heavy atom. The Morgan fingerprint density at radius 1 is 1.11 bits per heavy atom. The Hall–Kier alpha value is -2.96. The first-order chi connectivity index (χ1) is 13.8. The monoisotopic (exact) mass is 376 g/mol. The molecule has 2 aliphatic rings. The minimum atomic E-state index is 0.120. The Kier molecular flexibility index (Phi) is 4.43. The smallest absolute Gasteiger partial charge is 0.253 e. The minimum Gasteiger partial charge on any atom is -0.339 e. The number of hydrogen-bond acceptors (Lipinski definition) is 4. The maximum atomic E-state index is 13.0. The first-order valence-corrected chi connectivity index (χ1v) is 10.0. The topological polar surface area (TPSA) is 68.8 Å². The van der Waals surface area contributed by atoms with E-state index in [1.165, 1.54) is 12.8 Å². The van der Waals surface area contributed by atoms with Gasteiger partial charge in [-0.2, -0.15) is 0 Å². The summed E-state index contributed by atoms with van der Waals surface area (Å²) in [6, 6.07) is 8.52. The molecule has 2 aromatic heterocycles. The molecule has 1 saturated carbocycles. The second kappa shape index (κ2) is 7.22. The van der Waals surface area contributed by atoms with Crippen LogP contribution in [0.3, 0.4) is 0 Å². The molecule has 3 heterocycles. The summed E-state index contributed by atoms with van der Waals surface area (Å²) >= 11 is 0. The number of carbonyl (C=O) groups is 1. The molecule has 0 radical (unpaired) electrons. The molecule has 7 nitrogen and oxygen atoms in total. The number of aromatic nitrogens is 5. The average molecular weight is 376 g/mol. The van der Waals surface area contributed by atoms with E-state index < -0.39 is 0 Å². The number of benzene rings is 1. The number of rotatable bonds is 5. The molecule has 0 bridgehead atoms. The van der Waals surface area contributed by atoms with Gasteiger partial charge in [0.1, 0.15) is 12.2 Å². The lowest BCUT2D eigenvalue weighted by molar-refractivity contribution is 0.0710. The maximum absolute atomic E-state index is 13.0. The van der Waals surface area contributed by atoms with E-state index in [9.17, 15) is 4.79 Å². The molecule has 3 aromatic rings. The predicted octanol–water partition coefficient (Wildman–Crippen LogP) is 2.88. The molecule has 0 N–H and O–H groups in total. The van der Waals surface area contributed by atoms with Gasteiger partial charge in [-0.1, -0.05) is 12.1 Å². The van der Waals surface area contributed by atoms with E-state index in [4.69, 9.17) is 0 Å². The summed E-state index contributed by atoms with van der Waals surface area (Å²) in [5.74, 6) is 1.63. The van der Waals surface area contributed by atoms with Crippen LogP contribution in [-0.2, 0) is 6.54 Å². The van der Waals surface area contributed by atoms with Gasteiger partial charge in [0.25, 0.3) is 5.91 Å². The highest BCUT2D eigenvalue weighted by atomic mass is 16.2. The average Bonchev–Trinajstić information content (AvgIpc) is 3.23. The van der Waals surface area contributed by atoms with E-state index in [2.05, 4.69) is 19.7 Å². The van der Waals surface area contributed by atoms with E-state index in [1.807, 2.05) is 46.3 Å². The zero-order valence-electron chi connectivity index (χ0n) is 15.8. The third-order valence-corrected chi connectivity index (χ3v) is 5.79. The van der Waals surface area contributed by atoms with Gasteiger partial charge in [-0.3, -0.25) is 4.79 Å². The molecule has 1 aromatic carbocycles. The van der Waals surface area contributed by atoms with Gasteiger partial charge >= 0.3 is 0 Å². The molecule has 1 aliphatic heterocycles. The van der Waals surface area contributed by atoms with Crippen LogP contribution in [0.15, 0.2) is 49.3 Å². The zero-order valence-corrected chi connectivity index (χ0v) is 15.8. The van der Waals surface area contributed by atoms with Gasteiger partial charge < -0.3 is 14.0 Å².